The second-order valence-corrected chi connectivity index (χ2v) is 6.84. The van der Waals surface area contributed by atoms with E-state index in [9.17, 15) is 9.59 Å². The fraction of sp³-hybridized carbons (Fsp3) is 0.579. The van der Waals surface area contributed by atoms with Gasteiger partial charge in [0.15, 0.2) is 6.29 Å². The topological polar surface area (TPSA) is 67.9 Å². The Hall–Kier alpha value is -1.92. The third kappa shape index (κ3) is 4.80. The normalized spacial score (nSPS) is 24.0. The number of benzene rings is 1. The van der Waals surface area contributed by atoms with Crippen LogP contribution in [0.2, 0.25) is 0 Å². The molecular weight excluding hydrogens is 320 g/mol. The highest BCUT2D eigenvalue weighted by Crippen LogP contribution is 2.20. The molecule has 1 aromatic rings. The van der Waals surface area contributed by atoms with Crippen LogP contribution in [0, 0.1) is 12.8 Å². The van der Waals surface area contributed by atoms with Crippen molar-refractivity contribution in [2.75, 3.05) is 19.7 Å². The van der Waals surface area contributed by atoms with Crippen molar-refractivity contribution in [1.29, 1.82) is 0 Å². The Labute approximate surface area is 148 Å². The number of amides is 2. The Balaban J connectivity index is 1.52. The molecule has 0 radical (unpaired) electrons. The van der Waals surface area contributed by atoms with Crippen LogP contribution in [0.1, 0.15) is 48.0 Å². The minimum absolute atomic E-state index is 0.0194. The third-order valence-corrected chi connectivity index (χ3v) is 4.81. The summed E-state index contributed by atoms with van der Waals surface area (Å²) in [6.07, 6.45) is 4.10. The van der Waals surface area contributed by atoms with Gasteiger partial charge >= 0.3 is 0 Å². The predicted octanol–water partition coefficient (Wildman–Crippen LogP) is 2.42. The van der Waals surface area contributed by atoms with Crippen LogP contribution in [0.5, 0.6) is 0 Å². The lowest BCUT2D eigenvalue weighted by Crippen LogP contribution is -2.46. The highest BCUT2D eigenvalue weighted by molar-refractivity contribution is 5.94. The van der Waals surface area contributed by atoms with Crippen molar-refractivity contribution in [3.05, 3.63) is 35.4 Å². The number of carbonyl (C=O) groups is 2. The molecule has 2 amide bonds. The number of nitrogens with one attached hydrogen (secondary N) is 1. The van der Waals surface area contributed by atoms with Crippen molar-refractivity contribution < 1.29 is 19.2 Å². The van der Waals surface area contributed by atoms with Gasteiger partial charge in [-0.05, 0) is 44.7 Å². The first kappa shape index (κ1) is 17.9. The van der Waals surface area contributed by atoms with Gasteiger partial charge in [0.2, 0.25) is 5.91 Å². The minimum atomic E-state index is -0.355. The van der Waals surface area contributed by atoms with Crippen LogP contribution >= 0.6 is 0 Å². The molecular formula is C19H26N2O4. The Bertz CT molecular complexity index is 596. The second kappa shape index (κ2) is 8.45. The van der Waals surface area contributed by atoms with Gasteiger partial charge in [0.25, 0.3) is 5.91 Å². The molecule has 3 rings (SSSR count). The molecule has 1 N–H and O–H groups in total. The van der Waals surface area contributed by atoms with Gasteiger partial charge in [-0.2, -0.15) is 0 Å². The highest BCUT2D eigenvalue weighted by atomic mass is 16.8. The van der Waals surface area contributed by atoms with E-state index in [0.717, 1.165) is 37.7 Å². The van der Waals surface area contributed by atoms with E-state index in [1.54, 1.807) is 4.90 Å². The Morgan fingerprint density at radius 3 is 2.68 bits per heavy atom. The SMILES string of the molecule is Cc1ccc(C(=O)N2CCC[C@H](C(=O)NO[C@H]3CCCCO3)C2)cc1. The number of likely N-dealkylation sites (tertiary alicyclic amines) is 1. The Kier molecular flexibility index (Phi) is 6.04. The molecule has 2 aliphatic rings. The molecule has 2 fully saturated rings. The van der Waals surface area contributed by atoms with Gasteiger partial charge in [0.05, 0.1) is 5.92 Å². The second-order valence-electron chi connectivity index (χ2n) is 6.84. The molecule has 2 saturated heterocycles. The highest BCUT2D eigenvalue weighted by Gasteiger charge is 2.29. The van der Waals surface area contributed by atoms with Gasteiger partial charge in [-0.3, -0.25) is 9.59 Å². The zero-order valence-corrected chi connectivity index (χ0v) is 14.7. The van der Waals surface area contributed by atoms with E-state index in [0.29, 0.717) is 25.3 Å². The standard InChI is InChI=1S/C19H26N2O4/c1-14-7-9-15(10-8-14)19(23)21-11-4-5-16(13-21)18(22)20-25-17-6-2-3-12-24-17/h7-10,16-17H,2-6,11-13H2,1H3,(H,20,22)/t16-,17-/m0/s1. The van der Waals surface area contributed by atoms with E-state index in [1.165, 1.54) is 0 Å². The minimum Gasteiger partial charge on any atom is -0.350 e. The van der Waals surface area contributed by atoms with Crippen molar-refractivity contribution in [2.45, 2.75) is 45.3 Å². The summed E-state index contributed by atoms with van der Waals surface area (Å²) in [5.41, 5.74) is 4.31. The van der Waals surface area contributed by atoms with Crippen LogP contribution in [-0.2, 0) is 14.4 Å². The molecule has 2 aliphatic heterocycles. The van der Waals surface area contributed by atoms with Gasteiger partial charge in [0.1, 0.15) is 0 Å². The van der Waals surface area contributed by atoms with Gasteiger partial charge in [0, 0.05) is 31.7 Å². The number of hydrogen-bond donors (Lipinski definition) is 1. The van der Waals surface area contributed by atoms with Crippen molar-refractivity contribution in [1.82, 2.24) is 10.4 Å². The molecule has 0 unspecified atom stereocenters. The van der Waals surface area contributed by atoms with Crippen LogP contribution in [0.4, 0.5) is 0 Å². The number of rotatable bonds is 4. The molecule has 0 aliphatic carbocycles. The van der Waals surface area contributed by atoms with Crippen molar-refractivity contribution in [3.8, 4) is 0 Å². The molecule has 2 heterocycles. The smallest absolute Gasteiger partial charge is 0.253 e. The molecule has 0 saturated carbocycles. The van der Waals surface area contributed by atoms with E-state index in [4.69, 9.17) is 9.57 Å². The predicted molar refractivity (Wildman–Crippen MR) is 92.6 cm³/mol. The zero-order chi connectivity index (χ0) is 17.6. The summed E-state index contributed by atoms with van der Waals surface area (Å²) < 4.78 is 5.44. The Morgan fingerprint density at radius 1 is 1.16 bits per heavy atom. The van der Waals surface area contributed by atoms with E-state index in [-0.39, 0.29) is 24.0 Å². The molecule has 0 bridgehead atoms. The summed E-state index contributed by atoms with van der Waals surface area (Å²) in [5, 5.41) is 0. The monoisotopic (exact) mass is 346 g/mol. The molecule has 136 valence electrons. The van der Waals surface area contributed by atoms with E-state index in [2.05, 4.69) is 5.48 Å². The summed E-state index contributed by atoms with van der Waals surface area (Å²) in [7, 11) is 0. The molecule has 0 spiro atoms. The number of piperidine rings is 1. The fourth-order valence-electron chi connectivity index (χ4n) is 3.27. The largest absolute Gasteiger partial charge is 0.350 e. The van der Waals surface area contributed by atoms with E-state index < -0.39 is 0 Å². The van der Waals surface area contributed by atoms with Gasteiger partial charge in [-0.25, -0.2) is 10.3 Å². The average molecular weight is 346 g/mol. The maximum Gasteiger partial charge on any atom is 0.253 e. The van der Waals surface area contributed by atoms with Crippen LogP contribution < -0.4 is 5.48 Å². The van der Waals surface area contributed by atoms with E-state index >= 15 is 0 Å². The van der Waals surface area contributed by atoms with Crippen molar-refractivity contribution in [3.63, 3.8) is 0 Å². The first-order chi connectivity index (χ1) is 12.1. The lowest BCUT2D eigenvalue weighted by Gasteiger charge is -2.32. The van der Waals surface area contributed by atoms with Crippen LogP contribution in [0.15, 0.2) is 24.3 Å². The molecule has 0 aromatic heterocycles. The lowest BCUT2D eigenvalue weighted by molar-refractivity contribution is -0.202. The fourth-order valence-corrected chi connectivity index (χ4v) is 3.27. The first-order valence-electron chi connectivity index (χ1n) is 9.06. The summed E-state index contributed by atoms with van der Waals surface area (Å²) in [5.74, 6) is -0.434. The van der Waals surface area contributed by atoms with E-state index in [1.807, 2.05) is 31.2 Å². The number of hydroxylamine groups is 1. The summed E-state index contributed by atoms with van der Waals surface area (Å²) in [6, 6.07) is 7.54. The maximum absolute atomic E-state index is 12.6. The van der Waals surface area contributed by atoms with Crippen LogP contribution in [-0.4, -0.2) is 42.7 Å². The average Bonchev–Trinajstić information content (AvgIpc) is 2.67. The quantitative estimate of drug-likeness (QED) is 0.850. The number of ether oxygens (including phenoxy) is 1. The Morgan fingerprint density at radius 2 is 1.96 bits per heavy atom. The first-order valence-corrected chi connectivity index (χ1v) is 9.06. The summed E-state index contributed by atoms with van der Waals surface area (Å²) >= 11 is 0. The maximum atomic E-state index is 12.6. The van der Waals surface area contributed by atoms with Crippen molar-refractivity contribution in [2.24, 2.45) is 5.92 Å². The number of aryl methyl sites for hydroxylation is 1. The molecule has 25 heavy (non-hydrogen) atoms. The summed E-state index contributed by atoms with van der Waals surface area (Å²) in [6.45, 7) is 3.77. The molecule has 6 heteroatoms. The van der Waals surface area contributed by atoms with Gasteiger partial charge < -0.3 is 9.64 Å². The van der Waals surface area contributed by atoms with Crippen LogP contribution in [0.3, 0.4) is 0 Å². The zero-order valence-electron chi connectivity index (χ0n) is 14.7. The molecule has 1 aromatic carbocycles. The lowest BCUT2D eigenvalue weighted by atomic mass is 9.96. The van der Waals surface area contributed by atoms with Gasteiger partial charge in [-0.1, -0.05) is 17.7 Å². The van der Waals surface area contributed by atoms with Crippen LogP contribution in [0.25, 0.3) is 0 Å². The summed E-state index contributed by atoms with van der Waals surface area (Å²) in [4.78, 5) is 32.1. The third-order valence-electron chi connectivity index (χ3n) is 4.81. The molecule has 2 atom stereocenters. The van der Waals surface area contributed by atoms with Crippen molar-refractivity contribution >= 4 is 11.8 Å². The number of hydrogen-bond acceptors (Lipinski definition) is 4. The van der Waals surface area contributed by atoms with Gasteiger partial charge in [-0.15, -0.1) is 0 Å². The number of nitrogens with zero attached hydrogens (tertiary/aromatic N) is 1. The molecule has 6 nitrogen and oxygen atoms in total. The number of carbonyl (C=O) groups excluding carboxylic acids is 2.